The highest BCUT2D eigenvalue weighted by Crippen LogP contribution is 2.26. The van der Waals surface area contributed by atoms with Gasteiger partial charge in [0.25, 0.3) is 0 Å². The van der Waals surface area contributed by atoms with Crippen LogP contribution in [0.3, 0.4) is 0 Å². The summed E-state index contributed by atoms with van der Waals surface area (Å²) < 4.78 is 27.2. The van der Waals surface area contributed by atoms with Crippen molar-refractivity contribution in [2.75, 3.05) is 12.9 Å². The Labute approximate surface area is 204 Å². The molecule has 1 unspecified atom stereocenters. The number of aromatic nitrogens is 3. The molecule has 4 rings (SSSR count). The second-order valence-corrected chi connectivity index (χ2v) is 9.16. The molecule has 2 aromatic heterocycles. The van der Waals surface area contributed by atoms with Crippen molar-refractivity contribution >= 4 is 29.0 Å². The second-order valence-electron chi connectivity index (χ2n) is 7.24. The number of hydrogen-bond acceptors (Lipinski definition) is 7. The van der Waals surface area contributed by atoms with Gasteiger partial charge >= 0.3 is 0 Å². The summed E-state index contributed by atoms with van der Waals surface area (Å²) in [7, 11) is 1.59. The van der Waals surface area contributed by atoms with E-state index in [1.54, 1.807) is 65.5 Å². The fourth-order valence-electron chi connectivity index (χ4n) is 3.20. The molecule has 0 radical (unpaired) electrons. The Morgan fingerprint density at radius 2 is 1.88 bits per heavy atom. The predicted octanol–water partition coefficient (Wildman–Crippen LogP) is 5.03. The molecule has 0 spiro atoms. The Bertz CT molecular complexity index is 1230. The maximum Gasteiger partial charge on any atom is 0.230 e. The highest BCUT2D eigenvalue weighted by molar-refractivity contribution is 7.99. The van der Waals surface area contributed by atoms with Gasteiger partial charge in [-0.05, 0) is 54.8 Å². The predicted molar refractivity (Wildman–Crippen MR) is 130 cm³/mol. The minimum Gasteiger partial charge on any atom is -0.497 e. The van der Waals surface area contributed by atoms with E-state index >= 15 is 0 Å². The number of nitrogens with zero attached hydrogens (tertiary/aromatic N) is 3. The molecule has 1 atom stereocenters. The van der Waals surface area contributed by atoms with Crippen LogP contribution in [0.1, 0.15) is 23.7 Å². The fourth-order valence-corrected chi connectivity index (χ4v) is 4.71. The van der Waals surface area contributed by atoms with Crippen molar-refractivity contribution < 1.29 is 18.7 Å². The summed E-state index contributed by atoms with van der Waals surface area (Å²) in [5.41, 5.74) is 0.288. The lowest BCUT2D eigenvalue weighted by atomic mass is 10.3. The lowest BCUT2D eigenvalue weighted by Crippen LogP contribution is -2.27. The molecule has 0 aliphatic heterocycles. The monoisotopic (exact) mass is 498 g/mol. The zero-order valence-electron chi connectivity index (χ0n) is 18.6. The number of methoxy groups -OCH3 is 1. The van der Waals surface area contributed by atoms with E-state index in [-0.39, 0.29) is 30.0 Å². The number of benzene rings is 2. The van der Waals surface area contributed by atoms with Crippen molar-refractivity contribution in [1.29, 1.82) is 0 Å². The molecule has 176 valence electrons. The van der Waals surface area contributed by atoms with Crippen molar-refractivity contribution in [3.05, 3.63) is 82.6 Å². The summed E-state index contributed by atoms with van der Waals surface area (Å²) in [6.07, 6.45) is 0. The van der Waals surface area contributed by atoms with Gasteiger partial charge in [0, 0.05) is 4.88 Å². The van der Waals surface area contributed by atoms with E-state index in [9.17, 15) is 9.18 Å². The summed E-state index contributed by atoms with van der Waals surface area (Å²) in [5.74, 6) is 1.28. The quantitative estimate of drug-likeness (QED) is 0.309. The number of carbonyl (C=O) groups excluding carboxylic acids is 1. The first kappa shape index (κ1) is 23.8. The lowest BCUT2D eigenvalue weighted by molar-refractivity contribution is -0.119. The van der Waals surface area contributed by atoms with Gasteiger partial charge in [0.05, 0.1) is 24.6 Å². The normalized spacial score (nSPS) is 11.7. The summed E-state index contributed by atoms with van der Waals surface area (Å²) in [6, 6.07) is 17.3. The number of halogens is 1. The van der Waals surface area contributed by atoms with Crippen molar-refractivity contribution in [3.63, 3.8) is 0 Å². The van der Waals surface area contributed by atoms with Gasteiger partial charge in [-0.1, -0.05) is 30.0 Å². The van der Waals surface area contributed by atoms with Crippen molar-refractivity contribution in [3.8, 4) is 17.2 Å². The Kier molecular flexibility index (Phi) is 7.81. The second kappa shape index (κ2) is 11.2. The highest BCUT2D eigenvalue weighted by atomic mass is 32.2. The van der Waals surface area contributed by atoms with E-state index in [1.807, 2.05) is 24.4 Å². The molecule has 0 saturated heterocycles. The topological polar surface area (TPSA) is 78.3 Å². The highest BCUT2D eigenvalue weighted by Gasteiger charge is 2.19. The Morgan fingerprint density at radius 3 is 2.59 bits per heavy atom. The molecular formula is C24H23FN4O3S2. The summed E-state index contributed by atoms with van der Waals surface area (Å²) in [6.45, 7) is 2.00. The van der Waals surface area contributed by atoms with Gasteiger partial charge in [0.1, 0.15) is 23.9 Å². The number of rotatable bonds is 10. The molecule has 1 N–H and O–H groups in total. The molecule has 2 aromatic carbocycles. The minimum atomic E-state index is -0.425. The smallest absolute Gasteiger partial charge is 0.230 e. The first-order chi connectivity index (χ1) is 16.5. The molecule has 0 bridgehead atoms. The minimum absolute atomic E-state index is 0.0653. The summed E-state index contributed by atoms with van der Waals surface area (Å²) in [4.78, 5) is 13.6. The molecule has 2 heterocycles. The van der Waals surface area contributed by atoms with E-state index < -0.39 is 5.82 Å². The van der Waals surface area contributed by atoms with Crippen LogP contribution in [0.25, 0.3) is 5.69 Å². The third-order valence-corrected chi connectivity index (χ3v) is 6.88. The molecule has 0 saturated carbocycles. The first-order valence-corrected chi connectivity index (χ1v) is 12.3. The van der Waals surface area contributed by atoms with Crippen LogP contribution >= 0.6 is 23.1 Å². The largest absolute Gasteiger partial charge is 0.497 e. The summed E-state index contributed by atoms with van der Waals surface area (Å²) >= 11 is 2.77. The van der Waals surface area contributed by atoms with Crippen molar-refractivity contribution in [2.24, 2.45) is 0 Å². The fraction of sp³-hybridized carbons (Fsp3) is 0.208. The van der Waals surface area contributed by atoms with Gasteiger partial charge < -0.3 is 14.8 Å². The lowest BCUT2D eigenvalue weighted by Gasteiger charge is -2.13. The van der Waals surface area contributed by atoms with Gasteiger partial charge in [0.15, 0.2) is 11.0 Å². The maximum absolute atomic E-state index is 14.7. The number of hydrogen-bond donors (Lipinski definition) is 1. The molecule has 34 heavy (non-hydrogen) atoms. The number of thioether (sulfide) groups is 1. The molecular weight excluding hydrogens is 475 g/mol. The number of ether oxygens (including phenoxy) is 2. The molecule has 0 fully saturated rings. The zero-order valence-corrected chi connectivity index (χ0v) is 20.2. The molecule has 4 aromatic rings. The molecule has 10 heteroatoms. The number of nitrogens with one attached hydrogen (secondary N) is 1. The molecule has 7 nitrogen and oxygen atoms in total. The molecule has 1 amide bonds. The average molecular weight is 499 g/mol. The van der Waals surface area contributed by atoms with Gasteiger partial charge in [-0.2, -0.15) is 0 Å². The van der Waals surface area contributed by atoms with Crippen LogP contribution in [-0.2, 0) is 11.4 Å². The van der Waals surface area contributed by atoms with Gasteiger partial charge in [-0.25, -0.2) is 4.39 Å². The van der Waals surface area contributed by atoms with Crippen LogP contribution in [0, 0.1) is 5.82 Å². The SMILES string of the molecule is COc1ccc(OCc2nnc(SCC(=O)NC(C)c3cccs3)n2-c2ccccc2F)cc1. The molecule has 0 aliphatic rings. The van der Waals surface area contributed by atoms with E-state index in [1.165, 1.54) is 17.8 Å². The van der Waals surface area contributed by atoms with E-state index in [2.05, 4.69) is 15.5 Å². The van der Waals surface area contributed by atoms with Crippen LogP contribution in [0.5, 0.6) is 11.5 Å². The summed E-state index contributed by atoms with van der Waals surface area (Å²) in [5, 5.41) is 13.8. The van der Waals surface area contributed by atoms with E-state index in [0.717, 1.165) is 4.88 Å². The Morgan fingerprint density at radius 1 is 1.12 bits per heavy atom. The maximum atomic E-state index is 14.7. The zero-order chi connectivity index (χ0) is 23.9. The number of carbonyl (C=O) groups is 1. The van der Waals surface area contributed by atoms with Crippen molar-refractivity contribution in [2.45, 2.75) is 24.7 Å². The third-order valence-electron chi connectivity index (χ3n) is 4.90. The molecule has 0 aliphatic carbocycles. The van der Waals surface area contributed by atoms with E-state index in [0.29, 0.717) is 22.5 Å². The van der Waals surface area contributed by atoms with Gasteiger partial charge in [-0.15, -0.1) is 21.5 Å². The number of thiophene rings is 1. The van der Waals surface area contributed by atoms with Crippen LogP contribution in [-0.4, -0.2) is 33.5 Å². The van der Waals surface area contributed by atoms with Crippen LogP contribution in [0.4, 0.5) is 4.39 Å². The third kappa shape index (κ3) is 5.75. The van der Waals surface area contributed by atoms with E-state index in [4.69, 9.17) is 9.47 Å². The Hall–Kier alpha value is -3.37. The average Bonchev–Trinajstić information content (AvgIpc) is 3.53. The van der Waals surface area contributed by atoms with Gasteiger partial charge in [-0.3, -0.25) is 9.36 Å². The van der Waals surface area contributed by atoms with Crippen molar-refractivity contribution in [1.82, 2.24) is 20.1 Å². The number of para-hydroxylation sites is 1. The van der Waals surface area contributed by atoms with Gasteiger partial charge in [0.2, 0.25) is 5.91 Å². The standard InChI is InChI=1S/C24H23FN4O3S2/c1-16(21-8-5-13-33-21)26-23(30)15-34-24-28-27-22(29(24)20-7-4-3-6-19(20)25)14-32-18-11-9-17(31-2)10-12-18/h3-13,16H,14-15H2,1-2H3,(H,26,30). The van der Waals surface area contributed by atoms with Crippen LogP contribution in [0.15, 0.2) is 71.2 Å². The number of amides is 1. The first-order valence-electron chi connectivity index (χ1n) is 10.5. The van der Waals surface area contributed by atoms with Crippen LogP contribution in [0.2, 0.25) is 0 Å². The Balaban J connectivity index is 1.49. The van der Waals surface area contributed by atoms with Crippen LogP contribution < -0.4 is 14.8 Å².